The third-order valence-corrected chi connectivity index (χ3v) is 9.71. The Hall–Kier alpha value is -4.34. The summed E-state index contributed by atoms with van der Waals surface area (Å²) >= 11 is 12.4. The molecule has 0 spiro atoms. The average molecular weight is 667 g/mol. The van der Waals surface area contributed by atoms with Crippen LogP contribution >= 0.6 is 23.2 Å². The zero-order valence-electron chi connectivity index (χ0n) is 26.4. The summed E-state index contributed by atoms with van der Waals surface area (Å²) in [6.45, 7) is 10.8. The van der Waals surface area contributed by atoms with Gasteiger partial charge in [0.25, 0.3) is 5.91 Å². The minimum atomic E-state index is -1.65. The van der Waals surface area contributed by atoms with Gasteiger partial charge in [-0.1, -0.05) is 29.3 Å². The second kappa shape index (κ2) is 12.1. The molecule has 1 aliphatic carbocycles. The summed E-state index contributed by atoms with van der Waals surface area (Å²) in [5.41, 5.74) is 3.59. The lowest BCUT2D eigenvalue weighted by atomic mass is 9.67. The van der Waals surface area contributed by atoms with Crippen molar-refractivity contribution in [3.05, 3.63) is 90.7 Å². The maximum atomic E-state index is 13.8. The van der Waals surface area contributed by atoms with E-state index in [1.54, 1.807) is 12.1 Å². The molecule has 1 aliphatic heterocycles. The fourth-order valence-corrected chi connectivity index (χ4v) is 6.70. The number of aromatic hydroxyl groups is 1. The number of carbonyl (C=O) groups is 4. The zero-order valence-corrected chi connectivity index (χ0v) is 28.0. The number of phenolic OH excluding ortho intramolecular Hbond substituents is 1. The van der Waals surface area contributed by atoms with E-state index in [2.05, 4.69) is 5.32 Å². The maximum Gasteiger partial charge on any atom is 0.259 e. The molecule has 5 rings (SSSR count). The van der Waals surface area contributed by atoms with Crippen LogP contribution in [0.2, 0.25) is 10.0 Å². The van der Waals surface area contributed by atoms with Crippen LogP contribution in [0.1, 0.15) is 63.1 Å². The van der Waals surface area contributed by atoms with Crippen molar-refractivity contribution in [2.24, 2.45) is 5.92 Å². The van der Waals surface area contributed by atoms with Gasteiger partial charge in [0.1, 0.15) is 52.3 Å². The molecule has 0 radical (unpaired) electrons. The third-order valence-electron chi connectivity index (χ3n) is 9.12. The number of phenols is 1. The molecule has 1 amide bonds. The molecule has 46 heavy (non-hydrogen) atoms. The zero-order chi connectivity index (χ0) is 33.8. The van der Waals surface area contributed by atoms with Crippen molar-refractivity contribution < 1.29 is 38.5 Å². The van der Waals surface area contributed by atoms with Crippen molar-refractivity contribution in [3.8, 4) is 23.0 Å². The highest BCUT2D eigenvalue weighted by Crippen LogP contribution is 2.56. The molecule has 2 aliphatic rings. The van der Waals surface area contributed by atoms with E-state index in [-0.39, 0.29) is 47.3 Å². The molecule has 3 aromatic rings. The van der Waals surface area contributed by atoms with Crippen molar-refractivity contribution in [1.82, 2.24) is 5.32 Å². The first-order chi connectivity index (χ1) is 21.6. The predicted molar refractivity (Wildman–Crippen MR) is 172 cm³/mol. The van der Waals surface area contributed by atoms with Crippen LogP contribution in [0.4, 0.5) is 0 Å². The highest BCUT2D eigenvalue weighted by atomic mass is 35.5. The van der Waals surface area contributed by atoms with Crippen molar-refractivity contribution >= 4 is 46.5 Å². The Morgan fingerprint density at radius 3 is 2.28 bits per heavy atom. The number of ether oxygens (including phenoxy) is 3. The van der Waals surface area contributed by atoms with Crippen LogP contribution in [0.25, 0.3) is 0 Å². The summed E-state index contributed by atoms with van der Waals surface area (Å²) in [6.07, 6.45) is 1.09. The second-order valence-electron chi connectivity index (χ2n) is 11.7. The van der Waals surface area contributed by atoms with Crippen LogP contribution in [-0.2, 0) is 33.0 Å². The van der Waals surface area contributed by atoms with Crippen LogP contribution in [0.5, 0.6) is 23.0 Å². The van der Waals surface area contributed by atoms with Crippen molar-refractivity contribution in [2.75, 3.05) is 7.11 Å². The molecule has 2 atom stereocenters. The van der Waals surface area contributed by atoms with Crippen LogP contribution in [0.3, 0.4) is 0 Å². The number of benzene rings is 3. The summed E-state index contributed by atoms with van der Waals surface area (Å²) in [4.78, 5) is 52.3. The number of halogens is 2. The summed E-state index contributed by atoms with van der Waals surface area (Å²) in [5.74, 6) is -4.01. The monoisotopic (exact) mass is 665 g/mol. The van der Waals surface area contributed by atoms with Crippen molar-refractivity contribution in [2.45, 2.75) is 60.1 Å². The molecule has 0 saturated carbocycles. The van der Waals surface area contributed by atoms with E-state index in [0.29, 0.717) is 10.0 Å². The summed E-state index contributed by atoms with van der Waals surface area (Å²) < 4.78 is 17.6. The van der Waals surface area contributed by atoms with Gasteiger partial charge in [0, 0.05) is 34.3 Å². The first-order valence-electron chi connectivity index (χ1n) is 14.5. The largest absolute Gasteiger partial charge is 0.507 e. The number of hydrogen-bond donors (Lipinski definition) is 2. The van der Waals surface area contributed by atoms with E-state index in [1.165, 1.54) is 20.1 Å². The van der Waals surface area contributed by atoms with Crippen LogP contribution in [0.15, 0.2) is 36.1 Å². The number of nitrogens with one attached hydrogen (secondary N) is 1. The number of methoxy groups -OCH3 is 1. The minimum absolute atomic E-state index is 0.00361. The normalized spacial score (nSPS) is 18.4. The van der Waals surface area contributed by atoms with Gasteiger partial charge in [-0.3, -0.25) is 19.2 Å². The number of Topliss-reactive ketones (excluding diaryl/α,β-unsaturated/α-hetero) is 2. The molecule has 9 nitrogen and oxygen atoms in total. The van der Waals surface area contributed by atoms with E-state index in [4.69, 9.17) is 37.4 Å². The minimum Gasteiger partial charge on any atom is -0.507 e. The van der Waals surface area contributed by atoms with Gasteiger partial charge >= 0.3 is 0 Å². The highest BCUT2D eigenvalue weighted by molar-refractivity contribution is 6.35. The second-order valence-corrected chi connectivity index (χ2v) is 12.6. The van der Waals surface area contributed by atoms with E-state index in [0.717, 1.165) is 52.1 Å². The number of fused-ring (bicyclic) bond motifs is 3. The van der Waals surface area contributed by atoms with Gasteiger partial charge in [-0.2, -0.15) is 0 Å². The lowest BCUT2D eigenvalue weighted by Gasteiger charge is -2.30. The molecule has 1 unspecified atom stereocenters. The molecular weight excluding hydrogens is 633 g/mol. The van der Waals surface area contributed by atoms with E-state index in [9.17, 15) is 24.3 Å². The van der Waals surface area contributed by atoms with Gasteiger partial charge in [-0.05, 0) is 81.5 Å². The fourth-order valence-electron chi connectivity index (χ4n) is 6.24. The molecule has 1 heterocycles. The lowest BCUT2D eigenvalue weighted by molar-refractivity contribution is -0.140. The molecule has 3 aromatic carbocycles. The fraction of sp³-hybridized carbons (Fsp3) is 0.314. The molecular formula is C35H33Cl2NO8. The van der Waals surface area contributed by atoms with Crippen molar-refractivity contribution in [3.63, 3.8) is 0 Å². The summed E-state index contributed by atoms with van der Waals surface area (Å²) in [6, 6.07) is 6.46. The SMILES string of the molecule is COc1cc(O)c2c(c1C(=O)NCc1c(C)c(C)c(OCc3ccc(Cl)cc3Cl)c(C)c1C)OC1=CC(=O)C(C(C)=O)C(=O)[C@]12C. The molecule has 2 N–H and O–H groups in total. The lowest BCUT2D eigenvalue weighted by Crippen LogP contribution is -2.47. The predicted octanol–water partition coefficient (Wildman–Crippen LogP) is 6.34. The first-order valence-corrected chi connectivity index (χ1v) is 15.3. The molecule has 0 fully saturated rings. The van der Waals surface area contributed by atoms with E-state index >= 15 is 0 Å². The number of hydrogen-bond acceptors (Lipinski definition) is 8. The smallest absolute Gasteiger partial charge is 0.259 e. The van der Waals surface area contributed by atoms with Gasteiger partial charge < -0.3 is 24.6 Å². The topological polar surface area (TPSA) is 128 Å². The molecule has 0 saturated heterocycles. The number of amides is 1. The Morgan fingerprint density at radius 2 is 1.70 bits per heavy atom. The number of allylic oxidation sites excluding steroid dienone is 2. The Labute approximate surface area is 276 Å². The molecule has 240 valence electrons. The van der Waals surface area contributed by atoms with Gasteiger partial charge in [0.15, 0.2) is 17.3 Å². The maximum absolute atomic E-state index is 13.8. The van der Waals surface area contributed by atoms with Gasteiger partial charge in [0.2, 0.25) is 0 Å². The third kappa shape index (κ3) is 5.21. The average Bonchev–Trinajstić information content (AvgIpc) is 3.29. The van der Waals surface area contributed by atoms with Crippen LogP contribution in [0, 0.1) is 33.6 Å². The quantitative estimate of drug-likeness (QED) is 0.267. The number of carbonyl (C=O) groups excluding carboxylic acids is 4. The molecule has 0 bridgehead atoms. The Kier molecular flexibility index (Phi) is 8.70. The standard InChI is InChI=1S/C35H33Cl2NO8/c1-15-17(3)31(45-14-20-8-9-21(36)10-23(20)37)18(4)16(2)22(15)13-38-34(43)29-26(44-7)11-25(41)30-32(29)46-27-12-24(40)28(19(5)39)33(42)35(27,30)6/h8-12,28,41H,13-14H2,1-7H3,(H,38,43)/t28?,35-/m1/s1. The highest BCUT2D eigenvalue weighted by Gasteiger charge is 2.58. The molecule has 11 heteroatoms. The first kappa shape index (κ1) is 33.0. The van der Waals surface area contributed by atoms with E-state index < -0.39 is 34.6 Å². The summed E-state index contributed by atoms with van der Waals surface area (Å²) in [5, 5.41) is 15.0. The number of ketones is 3. The van der Waals surface area contributed by atoms with Gasteiger partial charge in [-0.25, -0.2) is 0 Å². The molecule has 0 aromatic heterocycles. The number of rotatable bonds is 8. The van der Waals surface area contributed by atoms with Crippen LogP contribution in [-0.4, -0.2) is 35.5 Å². The Bertz CT molecular complexity index is 1870. The van der Waals surface area contributed by atoms with Crippen LogP contribution < -0.4 is 19.5 Å². The summed E-state index contributed by atoms with van der Waals surface area (Å²) in [7, 11) is 1.33. The van der Waals surface area contributed by atoms with Crippen molar-refractivity contribution in [1.29, 1.82) is 0 Å². The van der Waals surface area contributed by atoms with Gasteiger partial charge in [0.05, 0.1) is 12.7 Å². The van der Waals surface area contributed by atoms with E-state index in [1.807, 2.05) is 33.8 Å². The Morgan fingerprint density at radius 1 is 1.04 bits per heavy atom. The van der Waals surface area contributed by atoms with Gasteiger partial charge in [-0.15, -0.1) is 0 Å². The Balaban J connectivity index is 1.47.